The van der Waals surface area contributed by atoms with Crippen molar-refractivity contribution in [3.63, 3.8) is 0 Å². The number of aryl methyl sites for hydroxylation is 1. The van der Waals surface area contributed by atoms with Gasteiger partial charge in [-0.1, -0.05) is 12.1 Å². The molecule has 6 rings (SSSR count). The van der Waals surface area contributed by atoms with Crippen molar-refractivity contribution in [1.82, 2.24) is 14.5 Å². The second-order valence-electron chi connectivity index (χ2n) is 8.67. The van der Waals surface area contributed by atoms with E-state index in [0.29, 0.717) is 38.5 Å². The van der Waals surface area contributed by atoms with Crippen molar-refractivity contribution < 1.29 is 18.7 Å². The summed E-state index contributed by atoms with van der Waals surface area (Å²) in [5.74, 6) is -0.0256. The number of hydrogen-bond donors (Lipinski definition) is 2. The minimum absolute atomic E-state index is 0.206. The molecule has 0 atom stereocenters. The molecule has 0 fully saturated rings. The van der Waals surface area contributed by atoms with Gasteiger partial charge in [-0.3, -0.25) is 4.79 Å². The average Bonchev–Trinajstić information content (AvgIpc) is 3.59. The summed E-state index contributed by atoms with van der Waals surface area (Å²) in [4.78, 5) is 37.0. The van der Waals surface area contributed by atoms with Crippen LogP contribution in [0.2, 0.25) is 0 Å². The number of fused-ring (bicyclic) bond motifs is 3. The Kier molecular flexibility index (Phi) is 5.45. The lowest BCUT2D eigenvalue weighted by Gasteiger charge is -2.11. The molecule has 1 amide bonds. The summed E-state index contributed by atoms with van der Waals surface area (Å²) in [5.41, 5.74) is 10.4. The molecule has 0 saturated carbocycles. The largest absolute Gasteiger partial charge is 0.467 e. The van der Waals surface area contributed by atoms with E-state index in [1.807, 2.05) is 30.3 Å². The van der Waals surface area contributed by atoms with Crippen LogP contribution in [0.25, 0.3) is 22.2 Å². The molecule has 0 bridgehead atoms. The maximum absolute atomic E-state index is 13.7. The van der Waals surface area contributed by atoms with Crippen molar-refractivity contribution in [2.45, 2.75) is 32.2 Å². The fourth-order valence-corrected chi connectivity index (χ4v) is 6.07. The number of carbonyl (C=O) groups is 2. The van der Waals surface area contributed by atoms with Crippen molar-refractivity contribution >= 4 is 56.2 Å². The highest BCUT2D eigenvalue weighted by Crippen LogP contribution is 2.39. The number of anilines is 2. The first-order valence-corrected chi connectivity index (χ1v) is 12.5. The van der Waals surface area contributed by atoms with Gasteiger partial charge in [-0.15, -0.1) is 11.3 Å². The number of thiophene rings is 1. The van der Waals surface area contributed by atoms with E-state index in [-0.39, 0.29) is 17.9 Å². The third kappa shape index (κ3) is 3.61. The Morgan fingerprint density at radius 3 is 2.64 bits per heavy atom. The van der Waals surface area contributed by atoms with Gasteiger partial charge in [-0.2, -0.15) is 0 Å². The SMILES string of the molecule is COC(=O)c1c(NC(=O)c2c(N)n(Cc3ccco3)c3nc4ccccc4nc23)sc2c1CCCC2. The van der Waals surface area contributed by atoms with Gasteiger partial charge in [0.25, 0.3) is 5.91 Å². The molecular formula is C26H23N5O4S. The van der Waals surface area contributed by atoms with Gasteiger partial charge in [0.05, 0.1) is 36.5 Å². The van der Waals surface area contributed by atoms with Crippen molar-refractivity contribution in [2.24, 2.45) is 0 Å². The number of amides is 1. The molecule has 1 aromatic carbocycles. The van der Waals surface area contributed by atoms with Crippen LogP contribution in [0.4, 0.5) is 10.8 Å². The Morgan fingerprint density at radius 1 is 1.11 bits per heavy atom. The molecular weight excluding hydrogens is 478 g/mol. The van der Waals surface area contributed by atoms with Crippen LogP contribution in [-0.2, 0) is 24.1 Å². The Labute approximate surface area is 209 Å². The number of benzene rings is 1. The molecule has 0 radical (unpaired) electrons. The molecule has 4 heterocycles. The van der Waals surface area contributed by atoms with E-state index in [1.54, 1.807) is 16.9 Å². The summed E-state index contributed by atoms with van der Waals surface area (Å²) < 4.78 is 12.3. The molecule has 36 heavy (non-hydrogen) atoms. The third-order valence-electron chi connectivity index (χ3n) is 6.50. The lowest BCUT2D eigenvalue weighted by Crippen LogP contribution is -2.17. The minimum atomic E-state index is -0.455. The standard InChI is InChI=1S/C26H23N5O4S/c1-34-26(33)19-15-8-2-5-11-18(15)36-25(19)30-24(32)20-21-23(29-17-10-4-3-9-16(17)28-21)31(22(20)27)13-14-7-6-12-35-14/h3-4,6-7,9-10,12H,2,5,8,11,13,27H2,1H3,(H,30,32). The molecule has 5 aromatic rings. The molecule has 10 heteroatoms. The number of furan rings is 1. The first-order chi connectivity index (χ1) is 17.5. The molecule has 0 spiro atoms. The Morgan fingerprint density at radius 2 is 1.89 bits per heavy atom. The molecule has 0 unspecified atom stereocenters. The van der Waals surface area contributed by atoms with E-state index < -0.39 is 11.9 Å². The number of para-hydroxylation sites is 2. The van der Waals surface area contributed by atoms with E-state index in [2.05, 4.69) is 5.32 Å². The van der Waals surface area contributed by atoms with Crippen molar-refractivity contribution in [3.8, 4) is 0 Å². The predicted molar refractivity (Wildman–Crippen MR) is 138 cm³/mol. The maximum atomic E-state index is 13.7. The summed E-state index contributed by atoms with van der Waals surface area (Å²) in [6, 6.07) is 11.1. The Bertz CT molecular complexity index is 1630. The van der Waals surface area contributed by atoms with Crippen LogP contribution >= 0.6 is 11.3 Å². The Hall–Kier alpha value is -4.18. The van der Waals surface area contributed by atoms with E-state index in [1.165, 1.54) is 18.4 Å². The van der Waals surface area contributed by atoms with Crippen molar-refractivity contribution in [1.29, 1.82) is 0 Å². The quantitative estimate of drug-likeness (QED) is 0.332. The highest BCUT2D eigenvalue weighted by atomic mass is 32.1. The summed E-state index contributed by atoms with van der Waals surface area (Å²) in [7, 11) is 1.35. The number of nitrogens with one attached hydrogen (secondary N) is 1. The number of methoxy groups -OCH3 is 1. The number of nitrogen functional groups attached to an aromatic ring is 1. The lowest BCUT2D eigenvalue weighted by atomic mass is 9.95. The van der Waals surface area contributed by atoms with Crippen LogP contribution in [0.5, 0.6) is 0 Å². The third-order valence-corrected chi connectivity index (χ3v) is 7.71. The van der Waals surface area contributed by atoms with E-state index in [9.17, 15) is 9.59 Å². The second kappa shape index (κ2) is 8.80. The van der Waals surface area contributed by atoms with Gasteiger partial charge < -0.3 is 24.8 Å². The van der Waals surface area contributed by atoms with E-state index in [4.69, 9.17) is 24.9 Å². The smallest absolute Gasteiger partial charge is 0.341 e. The zero-order valence-electron chi connectivity index (χ0n) is 19.5. The fraction of sp³-hybridized carbons (Fsp3) is 0.231. The van der Waals surface area contributed by atoms with Gasteiger partial charge in [0.2, 0.25) is 0 Å². The first kappa shape index (κ1) is 22.3. The highest BCUT2D eigenvalue weighted by molar-refractivity contribution is 7.17. The number of nitrogens with two attached hydrogens (primary N) is 1. The number of aromatic nitrogens is 3. The molecule has 9 nitrogen and oxygen atoms in total. The molecule has 3 N–H and O–H groups in total. The van der Waals surface area contributed by atoms with Gasteiger partial charge in [0, 0.05) is 4.88 Å². The molecule has 0 saturated heterocycles. The van der Waals surface area contributed by atoms with Crippen LogP contribution in [0, 0.1) is 0 Å². The molecule has 4 aromatic heterocycles. The maximum Gasteiger partial charge on any atom is 0.341 e. The summed E-state index contributed by atoms with van der Waals surface area (Å²) in [5, 5.41) is 3.42. The van der Waals surface area contributed by atoms with Gasteiger partial charge in [-0.05, 0) is 55.5 Å². The average molecular weight is 502 g/mol. The molecule has 1 aliphatic rings. The van der Waals surface area contributed by atoms with Crippen molar-refractivity contribution in [2.75, 3.05) is 18.2 Å². The highest BCUT2D eigenvalue weighted by Gasteiger charge is 2.30. The molecule has 1 aliphatic carbocycles. The normalized spacial score (nSPS) is 13.1. The first-order valence-electron chi connectivity index (χ1n) is 11.7. The summed E-state index contributed by atoms with van der Waals surface area (Å²) in [6.45, 7) is 0.288. The second-order valence-corrected chi connectivity index (χ2v) is 9.78. The van der Waals surface area contributed by atoms with Crippen molar-refractivity contribution in [3.05, 3.63) is 70.0 Å². The van der Waals surface area contributed by atoms with Gasteiger partial charge in [0.1, 0.15) is 27.7 Å². The van der Waals surface area contributed by atoms with Crippen LogP contribution in [0.1, 0.15) is 49.8 Å². The Balaban J connectivity index is 1.49. The fourth-order valence-electron chi connectivity index (χ4n) is 4.80. The number of ether oxygens (including phenoxy) is 1. The van der Waals surface area contributed by atoms with Gasteiger partial charge >= 0.3 is 5.97 Å². The van der Waals surface area contributed by atoms with Crippen LogP contribution in [0.15, 0.2) is 47.1 Å². The topological polar surface area (TPSA) is 125 Å². The minimum Gasteiger partial charge on any atom is -0.467 e. The summed E-state index contributed by atoms with van der Waals surface area (Å²) in [6.07, 6.45) is 5.29. The monoisotopic (exact) mass is 501 g/mol. The van der Waals surface area contributed by atoms with Gasteiger partial charge in [-0.25, -0.2) is 14.8 Å². The van der Waals surface area contributed by atoms with Crippen LogP contribution in [0.3, 0.4) is 0 Å². The molecule has 182 valence electrons. The number of nitrogens with zero attached hydrogens (tertiary/aromatic N) is 3. The number of carbonyl (C=O) groups excluding carboxylic acids is 2. The zero-order valence-corrected chi connectivity index (χ0v) is 20.4. The predicted octanol–water partition coefficient (Wildman–Crippen LogP) is 4.79. The van der Waals surface area contributed by atoms with E-state index >= 15 is 0 Å². The van der Waals surface area contributed by atoms with Gasteiger partial charge in [0.15, 0.2) is 5.65 Å². The number of esters is 1. The van der Waals surface area contributed by atoms with Crippen LogP contribution in [-0.4, -0.2) is 33.5 Å². The van der Waals surface area contributed by atoms with Crippen LogP contribution < -0.4 is 11.1 Å². The van der Waals surface area contributed by atoms with E-state index in [0.717, 1.165) is 36.1 Å². The number of rotatable bonds is 5. The number of hydrogen-bond acceptors (Lipinski definition) is 8. The zero-order chi connectivity index (χ0) is 24.8. The molecule has 0 aliphatic heterocycles. The summed E-state index contributed by atoms with van der Waals surface area (Å²) >= 11 is 1.42. The lowest BCUT2D eigenvalue weighted by molar-refractivity contribution is 0.0601.